The summed E-state index contributed by atoms with van der Waals surface area (Å²) in [6, 6.07) is 0.270. The molecule has 6 heteroatoms. The van der Waals surface area contributed by atoms with E-state index in [9.17, 15) is 4.79 Å². The van der Waals surface area contributed by atoms with Crippen LogP contribution in [-0.2, 0) is 6.54 Å². The highest BCUT2D eigenvalue weighted by Crippen LogP contribution is 2.28. The van der Waals surface area contributed by atoms with Crippen molar-refractivity contribution in [2.45, 2.75) is 32.4 Å². The van der Waals surface area contributed by atoms with Gasteiger partial charge in [-0.2, -0.15) is 5.10 Å². The molecule has 2 N–H and O–H groups in total. The van der Waals surface area contributed by atoms with Gasteiger partial charge in [-0.25, -0.2) is 4.68 Å². The summed E-state index contributed by atoms with van der Waals surface area (Å²) in [5.41, 5.74) is 6.21. The van der Waals surface area contributed by atoms with E-state index in [0.717, 1.165) is 19.4 Å². The van der Waals surface area contributed by atoms with Gasteiger partial charge in [0.1, 0.15) is 5.02 Å². The van der Waals surface area contributed by atoms with E-state index in [0.29, 0.717) is 18.8 Å². The maximum atomic E-state index is 11.9. The first-order valence-electron chi connectivity index (χ1n) is 5.91. The zero-order chi connectivity index (χ0) is 12.4. The predicted molar refractivity (Wildman–Crippen MR) is 68.6 cm³/mol. The van der Waals surface area contributed by atoms with Crippen LogP contribution < -0.4 is 16.2 Å². The van der Waals surface area contributed by atoms with E-state index in [1.165, 1.54) is 4.68 Å². The number of nitrogens with two attached hydrogens (primary N) is 1. The summed E-state index contributed by atoms with van der Waals surface area (Å²) in [6.45, 7) is 3.86. The second-order valence-corrected chi connectivity index (χ2v) is 4.57. The molecule has 1 unspecified atom stereocenters. The van der Waals surface area contributed by atoms with Gasteiger partial charge in [0.2, 0.25) is 0 Å². The highest BCUT2D eigenvalue weighted by atomic mass is 35.5. The Bertz CT molecular complexity index is 459. The molecule has 0 saturated carbocycles. The molecule has 0 amide bonds. The number of aryl methyl sites for hydroxylation is 1. The van der Waals surface area contributed by atoms with E-state index in [4.69, 9.17) is 17.3 Å². The van der Waals surface area contributed by atoms with E-state index < -0.39 is 0 Å². The Labute approximate surface area is 105 Å². The molecule has 0 bridgehead atoms. The Kier molecular flexibility index (Phi) is 3.69. The van der Waals surface area contributed by atoms with Gasteiger partial charge in [0.15, 0.2) is 0 Å². The number of hydrogen-bond donors (Lipinski definition) is 1. The SMILES string of the molecule is CCn1ncc(N2CCCC2CN)c(Cl)c1=O. The molecule has 1 saturated heterocycles. The van der Waals surface area contributed by atoms with Crippen LogP contribution in [-0.4, -0.2) is 28.9 Å². The van der Waals surface area contributed by atoms with Gasteiger partial charge in [-0.1, -0.05) is 11.6 Å². The van der Waals surface area contributed by atoms with E-state index in [2.05, 4.69) is 10.00 Å². The summed E-state index contributed by atoms with van der Waals surface area (Å²) >= 11 is 6.12. The number of nitrogens with zero attached hydrogens (tertiary/aromatic N) is 3. The Balaban J connectivity index is 2.39. The van der Waals surface area contributed by atoms with Gasteiger partial charge in [-0.05, 0) is 19.8 Å². The van der Waals surface area contributed by atoms with Crippen LogP contribution in [0.15, 0.2) is 11.0 Å². The van der Waals surface area contributed by atoms with E-state index in [-0.39, 0.29) is 16.6 Å². The average molecular weight is 257 g/mol. The number of aromatic nitrogens is 2. The van der Waals surface area contributed by atoms with Gasteiger partial charge in [-0.3, -0.25) is 4.79 Å². The van der Waals surface area contributed by atoms with Crippen LogP contribution in [0.3, 0.4) is 0 Å². The van der Waals surface area contributed by atoms with Crippen molar-refractivity contribution < 1.29 is 0 Å². The maximum absolute atomic E-state index is 11.9. The lowest BCUT2D eigenvalue weighted by atomic mass is 10.2. The molecule has 0 aliphatic carbocycles. The fourth-order valence-electron chi connectivity index (χ4n) is 2.28. The van der Waals surface area contributed by atoms with Crippen molar-refractivity contribution in [3.8, 4) is 0 Å². The van der Waals surface area contributed by atoms with Crippen molar-refractivity contribution in [2.75, 3.05) is 18.0 Å². The molecule has 0 radical (unpaired) electrons. The highest BCUT2D eigenvalue weighted by molar-refractivity contribution is 6.33. The molecule has 5 nitrogen and oxygen atoms in total. The van der Waals surface area contributed by atoms with Crippen LogP contribution in [0.4, 0.5) is 5.69 Å². The topological polar surface area (TPSA) is 64.2 Å². The number of hydrogen-bond acceptors (Lipinski definition) is 4. The van der Waals surface area contributed by atoms with Crippen molar-refractivity contribution in [3.05, 3.63) is 21.6 Å². The Morgan fingerprint density at radius 2 is 2.41 bits per heavy atom. The monoisotopic (exact) mass is 256 g/mol. The molecule has 0 spiro atoms. The third-order valence-electron chi connectivity index (χ3n) is 3.22. The van der Waals surface area contributed by atoms with E-state index >= 15 is 0 Å². The van der Waals surface area contributed by atoms with Crippen molar-refractivity contribution in [2.24, 2.45) is 5.73 Å². The smallest absolute Gasteiger partial charge is 0.287 e. The van der Waals surface area contributed by atoms with Crippen LogP contribution in [0, 0.1) is 0 Å². The molecule has 1 aromatic rings. The summed E-state index contributed by atoms with van der Waals surface area (Å²) in [5, 5.41) is 4.36. The minimum Gasteiger partial charge on any atom is -0.365 e. The predicted octanol–water partition coefficient (Wildman–Crippen LogP) is 0.844. The van der Waals surface area contributed by atoms with Crippen LogP contribution in [0.5, 0.6) is 0 Å². The van der Waals surface area contributed by atoms with Gasteiger partial charge >= 0.3 is 0 Å². The first-order chi connectivity index (χ1) is 8.19. The molecular formula is C11H17ClN4O. The summed E-state index contributed by atoms with van der Waals surface area (Å²) in [7, 11) is 0. The van der Waals surface area contributed by atoms with Crippen LogP contribution >= 0.6 is 11.6 Å². The van der Waals surface area contributed by atoms with E-state index in [1.54, 1.807) is 6.20 Å². The Morgan fingerprint density at radius 1 is 1.65 bits per heavy atom. The number of rotatable bonds is 3. The molecule has 0 aromatic carbocycles. The minimum absolute atomic E-state index is 0.227. The fraction of sp³-hybridized carbons (Fsp3) is 0.636. The number of halogens is 1. The fourth-order valence-corrected chi connectivity index (χ4v) is 2.53. The standard InChI is InChI=1S/C11H17ClN4O/c1-2-16-11(17)10(12)9(7-14-16)15-5-3-4-8(15)6-13/h7-8H,2-6,13H2,1H3. The second-order valence-electron chi connectivity index (χ2n) is 4.19. The summed E-state index contributed by atoms with van der Waals surface area (Å²) < 4.78 is 1.36. The van der Waals surface area contributed by atoms with Crippen LogP contribution in [0.2, 0.25) is 5.02 Å². The largest absolute Gasteiger partial charge is 0.365 e. The molecule has 2 heterocycles. The third-order valence-corrected chi connectivity index (χ3v) is 3.58. The van der Waals surface area contributed by atoms with Gasteiger partial charge in [0.25, 0.3) is 5.56 Å². The van der Waals surface area contributed by atoms with Gasteiger partial charge < -0.3 is 10.6 Å². The second kappa shape index (κ2) is 5.06. The molecule has 2 rings (SSSR count). The van der Waals surface area contributed by atoms with Crippen LogP contribution in [0.25, 0.3) is 0 Å². The molecule has 1 aliphatic rings. The Morgan fingerprint density at radius 3 is 3.06 bits per heavy atom. The molecule has 1 aliphatic heterocycles. The van der Waals surface area contributed by atoms with E-state index in [1.807, 2.05) is 6.92 Å². The quantitative estimate of drug-likeness (QED) is 0.871. The molecule has 1 aromatic heterocycles. The number of anilines is 1. The van der Waals surface area contributed by atoms with Crippen LogP contribution in [0.1, 0.15) is 19.8 Å². The van der Waals surface area contributed by atoms with Gasteiger partial charge in [0.05, 0.1) is 11.9 Å². The first kappa shape index (κ1) is 12.4. The van der Waals surface area contributed by atoms with Crippen molar-refractivity contribution in [1.29, 1.82) is 0 Å². The van der Waals surface area contributed by atoms with Crippen molar-refractivity contribution in [1.82, 2.24) is 9.78 Å². The highest BCUT2D eigenvalue weighted by Gasteiger charge is 2.26. The van der Waals surface area contributed by atoms with Gasteiger partial charge in [-0.15, -0.1) is 0 Å². The normalized spacial score (nSPS) is 19.9. The lowest BCUT2D eigenvalue weighted by Gasteiger charge is -2.26. The zero-order valence-corrected chi connectivity index (χ0v) is 10.7. The molecule has 94 valence electrons. The first-order valence-corrected chi connectivity index (χ1v) is 6.29. The molecular weight excluding hydrogens is 240 g/mol. The molecule has 17 heavy (non-hydrogen) atoms. The zero-order valence-electron chi connectivity index (χ0n) is 9.90. The summed E-state index contributed by atoms with van der Waals surface area (Å²) in [4.78, 5) is 14.0. The van der Waals surface area contributed by atoms with Crippen molar-refractivity contribution in [3.63, 3.8) is 0 Å². The van der Waals surface area contributed by atoms with Crippen molar-refractivity contribution >= 4 is 17.3 Å². The molecule has 1 atom stereocenters. The third kappa shape index (κ3) is 2.17. The minimum atomic E-state index is -0.227. The summed E-state index contributed by atoms with van der Waals surface area (Å²) in [6.07, 6.45) is 3.79. The lowest BCUT2D eigenvalue weighted by Crippen LogP contribution is -2.37. The van der Waals surface area contributed by atoms with Gasteiger partial charge in [0, 0.05) is 25.7 Å². The Hall–Kier alpha value is -1.07. The maximum Gasteiger partial charge on any atom is 0.287 e. The summed E-state index contributed by atoms with van der Waals surface area (Å²) in [5.74, 6) is 0. The lowest BCUT2D eigenvalue weighted by molar-refractivity contribution is 0.609. The molecule has 1 fully saturated rings. The average Bonchev–Trinajstić information content (AvgIpc) is 2.80.